The number of piperazine rings is 1. The second-order valence-corrected chi connectivity index (χ2v) is 7.01. The van der Waals surface area contributed by atoms with E-state index in [4.69, 9.17) is 5.73 Å². The van der Waals surface area contributed by atoms with Gasteiger partial charge in [0.1, 0.15) is 4.88 Å². The maximum atomic E-state index is 12.8. The average molecular weight is 303 g/mol. The smallest absolute Gasteiger partial charge is 0.266 e. The molecule has 1 aromatic heterocycles. The van der Waals surface area contributed by atoms with Gasteiger partial charge in [0.2, 0.25) is 0 Å². The Labute approximate surface area is 129 Å². The first kappa shape index (κ1) is 14.4. The zero-order valence-corrected chi connectivity index (χ0v) is 13.5. The SMILES string of the molecule is Cc1ccc2sc(C(=O)N3CCN(C)CC3C)c(N)c2c1. The Hall–Kier alpha value is -1.59. The summed E-state index contributed by atoms with van der Waals surface area (Å²) in [4.78, 5) is 17.7. The van der Waals surface area contributed by atoms with Crippen LogP contribution in [0.4, 0.5) is 5.69 Å². The van der Waals surface area contributed by atoms with Crippen molar-refractivity contribution in [3.05, 3.63) is 28.6 Å². The van der Waals surface area contributed by atoms with Crippen LogP contribution in [0.1, 0.15) is 22.2 Å². The van der Waals surface area contributed by atoms with Crippen molar-refractivity contribution in [3.63, 3.8) is 0 Å². The number of amides is 1. The van der Waals surface area contributed by atoms with E-state index in [0.717, 1.165) is 29.7 Å². The molecule has 0 spiro atoms. The highest BCUT2D eigenvalue weighted by Crippen LogP contribution is 2.35. The summed E-state index contributed by atoms with van der Waals surface area (Å²) in [6, 6.07) is 6.40. The predicted molar refractivity (Wildman–Crippen MR) is 89.0 cm³/mol. The molecule has 1 aliphatic heterocycles. The van der Waals surface area contributed by atoms with Crippen molar-refractivity contribution in [1.29, 1.82) is 0 Å². The summed E-state index contributed by atoms with van der Waals surface area (Å²) in [5.74, 6) is 0.0759. The lowest BCUT2D eigenvalue weighted by atomic mass is 10.1. The first-order chi connectivity index (χ1) is 9.97. The second-order valence-electron chi connectivity index (χ2n) is 5.95. The van der Waals surface area contributed by atoms with Gasteiger partial charge in [0.15, 0.2) is 0 Å². The van der Waals surface area contributed by atoms with Gasteiger partial charge in [0.25, 0.3) is 5.91 Å². The Kier molecular flexibility index (Phi) is 3.63. The zero-order valence-electron chi connectivity index (χ0n) is 12.7. The maximum absolute atomic E-state index is 12.8. The van der Waals surface area contributed by atoms with Gasteiger partial charge in [-0.25, -0.2) is 0 Å². The van der Waals surface area contributed by atoms with Gasteiger partial charge in [-0.05, 0) is 33.0 Å². The van der Waals surface area contributed by atoms with Crippen molar-refractivity contribution in [2.75, 3.05) is 32.4 Å². The van der Waals surface area contributed by atoms with Crippen LogP contribution in [0.5, 0.6) is 0 Å². The van der Waals surface area contributed by atoms with Crippen molar-refractivity contribution in [2.45, 2.75) is 19.9 Å². The lowest BCUT2D eigenvalue weighted by molar-refractivity contribution is 0.0539. The minimum Gasteiger partial charge on any atom is -0.397 e. The van der Waals surface area contributed by atoms with E-state index >= 15 is 0 Å². The number of hydrogen-bond donors (Lipinski definition) is 1. The third kappa shape index (κ3) is 2.51. The van der Waals surface area contributed by atoms with Crippen molar-refractivity contribution in [1.82, 2.24) is 9.80 Å². The van der Waals surface area contributed by atoms with Crippen LogP contribution >= 0.6 is 11.3 Å². The van der Waals surface area contributed by atoms with Crippen LogP contribution < -0.4 is 5.73 Å². The molecule has 0 saturated carbocycles. The predicted octanol–water partition coefficient (Wildman–Crippen LogP) is 2.57. The first-order valence-electron chi connectivity index (χ1n) is 7.25. The monoisotopic (exact) mass is 303 g/mol. The third-order valence-electron chi connectivity index (χ3n) is 4.17. The fourth-order valence-corrected chi connectivity index (χ4v) is 4.02. The number of nitrogens with two attached hydrogens (primary N) is 1. The Balaban J connectivity index is 1.96. The Morgan fingerprint density at radius 2 is 2.14 bits per heavy atom. The molecule has 1 aliphatic rings. The minimum absolute atomic E-state index is 0.0759. The summed E-state index contributed by atoms with van der Waals surface area (Å²) < 4.78 is 1.09. The molecule has 5 heteroatoms. The van der Waals surface area contributed by atoms with E-state index in [1.807, 2.05) is 11.8 Å². The number of carbonyl (C=O) groups is 1. The number of fused-ring (bicyclic) bond motifs is 1. The molecule has 0 radical (unpaired) electrons. The van der Waals surface area contributed by atoms with Crippen LogP contribution in [0.3, 0.4) is 0 Å². The maximum Gasteiger partial charge on any atom is 0.266 e. The van der Waals surface area contributed by atoms with Crippen LogP contribution in [0.15, 0.2) is 18.2 Å². The van der Waals surface area contributed by atoms with Crippen LogP contribution in [0.2, 0.25) is 0 Å². The fraction of sp³-hybridized carbons (Fsp3) is 0.438. The fourth-order valence-electron chi connectivity index (χ4n) is 2.96. The largest absolute Gasteiger partial charge is 0.397 e. The highest BCUT2D eigenvalue weighted by Gasteiger charge is 2.29. The molecule has 21 heavy (non-hydrogen) atoms. The second kappa shape index (κ2) is 5.31. The van der Waals surface area contributed by atoms with E-state index in [-0.39, 0.29) is 11.9 Å². The first-order valence-corrected chi connectivity index (χ1v) is 8.07. The number of anilines is 1. The average Bonchev–Trinajstić information content (AvgIpc) is 2.75. The molecule has 0 bridgehead atoms. The molecule has 2 N–H and O–H groups in total. The lowest BCUT2D eigenvalue weighted by Gasteiger charge is -2.38. The zero-order chi connectivity index (χ0) is 15.1. The van der Waals surface area contributed by atoms with Crippen molar-refractivity contribution in [2.24, 2.45) is 0 Å². The number of nitrogen functional groups attached to an aromatic ring is 1. The molecule has 1 fully saturated rings. The summed E-state index contributed by atoms with van der Waals surface area (Å²) >= 11 is 1.51. The van der Waals surface area contributed by atoms with E-state index in [1.165, 1.54) is 16.9 Å². The number of aryl methyl sites for hydroxylation is 1. The summed E-state index contributed by atoms with van der Waals surface area (Å²) in [6.07, 6.45) is 0. The molecule has 1 amide bonds. The molecule has 1 saturated heterocycles. The number of rotatable bonds is 1. The lowest BCUT2D eigenvalue weighted by Crippen LogP contribution is -2.52. The van der Waals surface area contributed by atoms with E-state index < -0.39 is 0 Å². The van der Waals surface area contributed by atoms with Crippen molar-refractivity contribution >= 4 is 33.0 Å². The van der Waals surface area contributed by atoms with Crippen LogP contribution in [-0.2, 0) is 0 Å². The molecule has 2 heterocycles. The van der Waals surface area contributed by atoms with Crippen LogP contribution in [0.25, 0.3) is 10.1 Å². The molecular weight excluding hydrogens is 282 g/mol. The number of benzene rings is 1. The minimum atomic E-state index is 0.0759. The molecule has 0 aliphatic carbocycles. The summed E-state index contributed by atoms with van der Waals surface area (Å²) in [6.45, 7) is 6.74. The van der Waals surface area contributed by atoms with E-state index in [2.05, 4.69) is 37.1 Å². The highest BCUT2D eigenvalue weighted by molar-refractivity contribution is 7.21. The molecule has 1 unspecified atom stereocenters. The summed E-state index contributed by atoms with van der Waals surface area (Å²) in [5.41, 5.74) is 8.04. The highest BCUT2D eigenvalue weighted by atomic mass is 32.1. The number of carbonyl (C=O) groups excluding carboxylic acids is 1. The molecule has 112 valence electrons. The Bertz CT molecular complexity index is 694. The van der Waals surface area contributed by atoms with Crippen LogP contribution in [0, 0.1) is 6.92 Å². The van der Waals surface area contributed by atoms with Gasteiger partial charge in [-0.2, -0.15) is 0 Å². The Morgan fingerprint density at radius 1 is 1.38 bits per heavy atom. The van der Waals surface area contributed by atoms with Gasteiger partial charge in [0.05, 0.1) is 5.69 Å². The van der Waals surface area contributed by atoms with Gasteiger partial charge in [0, 0.05) is 35.8 Å². The van der Waals surface area contributed by atoms with Gasteiger partial charge < -0.3 is 15.5 Å². The Morgan fingerprint density at radius 3 is 2.86 bits per heavy atom. The molecule has 4 nitrogen and oxygen atoms in total. The van der Waals surface area contributed by atoms with Crippen molar-refractivity contribution in [3.8, 4) is 0 Å². The topological polar surface area (TPSA) is 49.6 Å². The number of hydrogen-bond acceptors (Lipinski definition) is 4. The van der Waals surface area contributed by atoms with Gasteiger partial charge >= 0.3 is 0 Å². The number of thiophene rings is 1. The summed E-state index contributed by atoms with van der Waals surface area (Å²) in [7, 11) is 2.09. The van der Waals surface area contributed by atoms with Gasteiger partial charge in [-0.3, -0.25) is 4.79 Å². The standard InChI is InChI=1S/C16H21N3OS/c1-10-4-5-13-12(8-10)14(17)15(21-13)16(20)19-7-6-18(3)9-11(19)2/h4-5,8,11H,6-7,9,17H2,1-3H3. The number of likely N-dealkylation sites (N-methyl/N-ethyl adjacent to an activating group) is 1. The van der Waals surface area contributed by atoms with E-state index in [1.54, 1.807) is 0 Å². The molecule has 3 rings (SSSR count). The number of nitrogens with zero attached hydrogens (tertiary/aromatic N) is 2. The van der Waals surface area contributed by atoms with Crippen LogP contribution in [-0.4, -0.2) is 48.4 Å². The van der Waals surface area contributed by atoms with Gasteiger partial charge in [-0.15, -0.1) is 11.3 Å². The van der Waals surface area contributed by atoms with Crippen molar-refractivity contribution < 1.29 is 4.79 Å². The van der Waals surface area contributed by atoms with Gasteiger partial charge in [-0.1, -0.05) is 11.6 Å². The summed E-state index contributed by atoms with van der Waals surface area (Å²) in [5, 5.41) is 1.00. The molecule has 2 aromatic rings. The van der Waals surface area contributed by atoms with E-state index in [0.29, 0.717) is 10.6 Å². The quantitative estimate of drug-likeness (QED) is 0.881. The van der Waals surface area contributed by atoms with E-state index in [9.17, 15) is 4.79 Å². The molecular formula is C16H21N3OS. The third-order valence-corrected chi connectivity index (χ3v) is 5.34. The molecule has 1 aromatic carbocycles. The molecule has 1 atom stereocenters. The normalized spacial score (nSPS) is 20.1.